The first-order chi connectivity index (χ1) is 12.7. The Morgan fingerprint density at radius 1 is 1.25 bits per heavy atom. The summed E-state index contributed by atoms with van der Waals surface area (Å²) in [5.74, 6) is 0.754. The Hall–Kier alpha value is -2.16. The molecule has 1 amide bonds. The van der Waals surface area contributed by atoms with Crippen LogP contribution in [-0.2, 0) is 6.54 Å². The van der Waals surface area contributed by atoms with Crippen molar-refractivity contribution in [3.63, 3.8) is 0 Å². The molecule has 8 nitrogen and oxygen atoms in total. The van der Waals surface area contributed by atoms with Gasteiger partial charge in [-0.3, -0.25) is 4.79 Å². The maximum atomic E-state index is 12.4. The van der Waals surface area contributed by atoms with Crippen molar-refractivity contribution in [3.05, 3.63) is 42.0 Å². The number of halogens is 2. The fraction of sp³-hybridized carbons (Fsp3) is 0.444. The van der Waals surface area contributed by atoms with Crippen LogP contribution in [0.5, 0.6) is 0 Å². The number of hydrogen-bond acceptors (Lipinski definition) is 5. The molecule has 28 heavy (non-hydrogen) atoms. The van der Waals surface area contributed by atoms with E-state index in [-0.39, 0.29) is 30.7 Å². The summed E-state index contributed by atoms with van der Waals surface area (Å²) in [6.45, 7) is 5.11. The van der Waals surface area contributed by atoms with Gasteiger partial charge in [0, 0.05) is 13.1 Å². The SMILES string of the molecule is Cc1nc2ccccc2n1CCNC(=O)c1cn(C2CCNCC2)nn1.Cl.Cl. The zero-order valence-corrected chi connectivity index (χ0v) is 17.3. The van der Waals surface area contributed by atoms with E-state index >= 15 is 0 Å². The number of carbonyl (C=O) groups excluding carboxylic acids is 1. The second-order valence-corrected chi connectivity index (χ2v) is 6.62. The third-order valence-corrected chi connectivity index (χ3v) is 4.89. The molecule has 1 aromatic carbocycles. The van der Waals surface area contributed by atoms with Gasteiger partial charge in [0.05, 0.1) is 23.3 Å². The molecule has 0 unspecified atom stereocenters. The quantitative estimate of drug-likeness (QED) is 0.653. The van der Waals surface area contributed by atoms with Gasteiger partial charge < -0.3 is 15.2 Å². The maximum absolute atomic E-state index is 12.4. The third-order valence-electron chi connectivity index (χ3n) is 4.89. The smallest absolute Gasteiger partial charge is 0.273 e. The standard InChI is InChI=1S/C18H23N7O.2ClH/c1-13-21-15-4-2-3-5-17(15)24(13)11-10-20-18(26)16-12-25(23-22-16)14-6-8-19-9-7-14;;/h2-5,12,14,19H,6-11H2,1H3,(H,20,26);2*1H. The molecule has 0 aliphatic carbocycles. The van der Waals surface area contributed by atoms with Crippen LogP contribution >= 0.6 is 24.8 Å². The summed E-state index contributed by atoms with van der Waals surface area (Å²) in [5.41, 5.74) is 2.42. The second kappa shape index (κ2) is 9.86. The summed E-state index contributed by atoms with van der Waals surface area (Å²) >= 11 is 0. The Bertz CT molecular complexity index is 918. The van der Waals surface area contributed by atoms with Crippen LogP contribution in [0.4, 0.5) is 0 Å². The lowest BCUT2D eigenvalue weighted by Crippen LogP contribution is -2.29. The molecule has 10 heteroatoms. The maximum Gasteiger partial charge on any atom is 0.273 e. The number of nitrogens with one attached hydrogen (secondary N) is 2. The average Bonchev–Trinajstić information content (AvgIpc) is 3.28. The summed E-state index contributed by atoms with van der Waals surface area (Å²) in [6, 6.07) is 8.34. The lowest BCUT2D eigenvalue weighted by Gasteiger charge is -2.22. The predicted molar refractivity (Wildman–Crippen MR) is 112 cm³/mol. The second-order valence-electron chi connectivity index (χ2n) is 6.62. The van der Waals surface area contributed by atoms with E-state index in [4.69, 9.17) is 0 Å². The number of piperidine rings is 1. The Kier molecular flexibility index (Phi) is 7.79. The molecule has 0 bridgehead atoms. The summed E-state index contributed by atoms with van der Waals surface area (Å²) in [4.78, 5) is 16.9. The van der Waals surface area contributed by atoms with Crippen LogP contribution < -0.4 is 10.6 Å². The molecule has 0 spiro atoms. The predicted octanol–water partition coefficient (Wildman–Crippen LogP) is 2.13. The van der Waals surface area contributed by atoms with Crippen LogP contribution in [0.1, 0.15) is 35.2 Å². The van der Waals surface area contributed by atoms with E-state index in [1.165, 1.54) is 0 Å². The lowest BCUT2D eigenvalue weighted by molar-refractivity contribution is 0.0947. The monoisotopic (exact) mass is 425 g/mol. The highest BCUT2D eigenvalue weighted by Gasteiger charge is 2.18. The number of hydrogen-bond donors (Lipinski definition) is 2. The number of amides is 1. The first-order valence-corrected chi connectivity index (χ1v) is 9.05. The van der Waals surface area contributed by atoms with Gasteiger partial charge in [0.2, 0.25) is 0 Å². The molecule has 0 atom stereocenters. The van der Waals surface area contributed by atoms with Crippen LogP contribution in [-0.4, -0.2) is 50.1 Å². The Balaban J connectivity index is 0.00000140. The van der Waals surface area contributed by atoms with Gasteiger partial charge in [0.25, 0.3) is 5.91 Å². The zero-order chi connectivity index (χ0) is 17.9. The van der Waals surface area contributed by atoms with Gasteiger partial charge in [-0.05, 0) is 45.0 Å². The van der Waals surface area contributed by atoms with Crippen molar-refractivity contribution in [1.82, 2.24) is 35.2 Å². The van der Waals surface area contributed by atoms with E-state index in [1.54, 1.807) is 6.20 Å². The lowest BCUT2D eigenvalue weighted by atomic mass is 10.1. The highest BCUT2D eigenvalue weighted by molar-refractivity contribution is 5.91. The van der Waals surface area contributed by atoms with Gasteiger partial charge in [0.15, 0.2) is 5.69 Å². The molecule has 152 valence electrons. The fourth-order valence-corrected chi connectivity index (χ4v) is 3.48. The van der Waals surface area contributed by atoms with Gasteiger partial charge in [-0.1, -0.05) is 17.3 Å². The van der Waals surface area contributed by atoms with Gasteiger partial charge >= 0.3 is 0 Å². The number of aryl methyl sites for hydroxylation is 1. The fourth-order valence-electron chi connectivity index (χ4n) is 3.48. The van der Waals surface area contributed by atoms with Gasteiger partial charge in [-0.2, -0.15) is 0 Å². The van der Waals surface area contributed by atoms with E-state index in [0.717, 1.165) is 42.8 Å². The van der Waals surface area contributed by atoms with E-state index in [1.807, 2.05) is 35.9 Å². The summed E-state index contributed by atoms with van der Waals surface area (Å²) in [6.07, 6.45) is 3.78. The van der Waals surface area contributed by atoms with Crippen molar-refractivity contribution >= 4 is 41.8 Å². The van der Waals surface area contributed by atoms with Crippen LogP contribution in [0.15, 0.2) is 30.5 Å². The first kappa shape index (κ1) is 22.1. The molecule has 3 aromatic rings. The van der Waals surface area contributed by atoms with Crippen LogP contribution in [0.25, 0.3) is 11.0 Å². The molecule has 2 N–H and O–H groups in total. The van der Waals surface area contributed by atoms with Crippen molar-refractivity contribution in [2.24, 2.45) is 0 Å². The Labute approximate surface area is 175 Å². The molecule has 3 heterocycles. The molecule has 0 radical (unpaired) electrons. The zero-order valence-electron chi connectivity index (χ0n) is 15.7. The molecular weight excluding hydrogens is 401 g/mol. The van der Waals surface area contributed by atoms with E-state index in [9.17, 15) is 4.79 Å². The minimum atomic E-state index is -0.188. The number of benzene rings is 1. The summed E-state index contributed by atoms with van der Waals surface area (Å²) < 4.78 is 3.94. The topological polar surface area (TPSA) is 89.7 Å². The number of aromatic nitrogens is 5. The molecule has 2 aromatic heterocycles. The normalized spacial score (nSPS) is 14.3. The average molecular weight is 426 g/mol. The van der Waals surface area contributed by atoms with Crippen molar-refractivity contribution in [3.8, 4) is 0 Å². The molecule has 4 rings (SSSR count). The number of imidazole rings is 1. The number of nitrogens with zero attached hydrogens (tertiary/aromatic N) is 5. The first-order valence-electron chi connectivity index (χ1n) is 9.05. The van der Waals surface area contributed by atoms with Crippen molar-refractivity contribution in [1.29, 1.82) is 0 Å². The van der Waals surface area contributed by atoms with Crippen molar-refractivity contribution < 1.29 is 4.79 Å². The molecule has 1 saturated heterocycles. The number of para-hydroxylation sites is 2. The van der Waals surface area contributed by atoms with Gasteiger partial charge in [-0.15, -0.1) is 29.9 Å². The Morgan fingerprint density at radius 3 is 2.79 bits per heavy atom. The number of fused-ring (bicyclic) bond motifs is 1. The molecule has 0 saturated carbocycles. The van der Waals surface area contributed by atoms with Crippen molar-refractivity contribution in [2.75, 3.05) is 19.6 Å². The van der Waals surface area contributed by atoms with E-state index in [0.29, 0.717) is 24.8 Å². The molecule has 1 aliphatic rings. The summed E-state index contributed by atoms with van der Waals surface area (Å²) in [7, 11) is 0. The molecule has 1 aliphatic heterocycles. The molecular formula is C18H25Cl2N7O. The van der Waals surface area contributed by atoms with Gasteiger partial charge in [0.1, 0.15) is 5.82 Å². The summed E-state index contributed by atoms with van der Waals surface area (Å²) in [5, 5.41) is 14.4. The molecule has 1 fully saturated rings. The van der Waals surface area contributed by atoms with Crippen LogP contribution in [0, 0.1) is 6.92 Å². The van der Waals surface area contributed by atoms with Gasteiger partial charge in [-0.25, -0.2) is 9.67 Å². The van der Waals surface area contributed by atoms with Crippen molar-refractivity contribution in [2.45, 2.75) is 32.4 Å². The number of carbonyl (C=O) groups is 1. The third kappa shape index (κ3) is 4.63. The van der Waals surface area contributed by atoms with E-state index in [2.05, 4.69) is 30.5 Å². The Morgan fingerprint density at radius 2 is 2.00 bits per heavy atom. The number of rotatable bonds is 5. The highest BCUT2D eigenvalue weighted by Crippen LogP contribution is 2.17. The van der Waals surface area contributed by atoms with Crippen LogP contribution in [0.3, 0.4) is 0 Å². The highest BCUT2D eigenvalue weighted by atomic mass is 35.5. The largest absolute Gasteiger partial charge is 0.349 e. The van der Waals surface area contributed by atoms with E-state index < -0.39 is 0 Å². The minimum absolute atomic E-state index is 0. The minimum Gasteiger partial charge on any atom is -0.349 e. The van der Waals surface area contributed by atoms with Crippen LogP contribution in [0.2, 0.25) is 0 Å².